The fourth-order valence-corrected chi connectivity index (χ4v) is 2.60. The molecule has 0 fully saturated rings. The van der Waals surface area contributed by atoms with Crippen molar-refractivity contribution in [2.75, 3.05) is 6.61 Å². The maximum Gasteiger partial charge on any atom is 0.240 e. The maximum atomic E-state index is 11.7. The van der Waals surface area contributed by atoms with Crippen molar-refractivity contribution in [2.24, 2.45) is 5.10 Å². The number of carbonyl (C=O) groups is 1. The highest BCUT2D eigenvalue weighted by Crippen LogP contribution is 2.27. The van der Waals surface area contributed by atoms with Crippen molar-refractivity contribution in [1.82, 2.24) is 5.43 Å². The Morgan fingerprint density at radius 2 is 1.84 bits per heavy atom. The molecule has 132 valence electrons. The van der Waals surface area contributed by atoms with Crippen LogP contribution in [0.2, 0.25) is 20.1 Å². The Bertz CT molecular complexity index is 781. The van der Waals surface area contributed by atoms with Gasteiger partial charge in [0.1, 0.15) is 5.75 Å². The zero-order valence-corrected chi connectivity index (χ0v) is 16.0. The van der Waals surface area contributed by atoms with Crippen LogP contribution in [0.3, 0.4) is 0 Å². The van der Waals surface area contributed by atoms with E-state index >= 15 is 0 Å². The third-order valence-corrected chi connectivity index (χ3v) is 4.32. The first kappa shape index (κ1) is 19.9. The summed E-state index contributed by atoms with van der Waals surface area (Å²) in [5.74, 6) is 0.311. The molecule has 8 heteroatoms. The van der Waals surface area contributed by atoms with Gasteiger partial charge in [0.05, 0.1) is 27.9 Å². The summed E-state index contributed by atoms with van der Waals surface area (Å²) in [7, 11) is 0. The molecule has 4 nitrogen and oxygen atoms in total. The Morgan fingerprint density at radius 1 is 1.04 bits per heavy atom. The molecule has 1 amide bonds. The van der Waals surface area contributed by atoms with Crippen molar-refractivity contribution in [3.8, 4) is 5.75 Å². The summed E-state index contributed by atoms with van der Waals surface area (Å²) in [6.45, 7) is 0.352. The monoisotopic (exact) mass is 418 g/mol. The molecule has 0 aliphatic carbocycles. The summed E-state index contributed by atoms with van der Waals surface area (Å²) < 4.78 is 5.50. The van der Waals surface area contributed by atoms with Crippen LogP contribution in [0.4, 0.5) is 0 Å². The van der Waals surface area contributed by atoms with Crippen LogP contribution in [0.15, 0.2) is 41.5 Å². The van der Waals surface area contributed by atoms with E-state index in [2.05, 4.69) is 10.5 Å². The number of nitrogens with one attached hydrogen (secondary N) is 1. The van der Waals surface area contributed by atoms with E-state index in [0.29, 0.717) is 38.9 Å². The number of benzene rings is 2. The molecule has 0 aliphatic heterocycles. The molecule has 0 unspecified atom stereocenters. The van der Waals surface area contributed by atoms with Crippen LogP contribution in [0.5, 0.6) is 5.75 Å². The Balaban J connectivity index is 1.70. The largest absolute Gasteiger partial charge is 0.492 e. The van der Waals surface area contributed by atoms with E-state index in [1.807, 2.05) is 0 Å². The van der Waals surface area contributed by atoms with Crippen LogP contribution in [0.25, 0.3) is 0 Å². The minimum absolute atomic E-state index is 0.220. The molecule has 0 aromatic heterocycles. The summed E-state index contributed by atoms with van der Waals surface area (Å²) >= 11 is 23.5. The molecule has 2 aromatic rings. The summed E-state index contributed by atoms with van der Waals surface area (Å²) in [6.07, 6.45) is 2.28. The predicted molar refractivity (Wildman–Crippen MR) is 103 cm³/mol. The van der Waals surface area contributed by atoms with Crippen LogP contribution in [-0.2, 0) is 4.79 Å². The van der Waals surface area contributed by atoms with Crippen molar-refractivity contribution in [3.05, 3.63) is 62.1 Å². The standard InChI is InChI=1S/C17H14Cl4N2O2/c18-12-4-6-16(15(21)9-12)25-7-1-2-17(24)23-22-10-11-3-5-13(19)14(20)8-11/h3-6,8-10H,1-2,7H2,(H,23,24). The lowest BCUT2D eigenvalue weighted by molar-refractivity contribution is -0.121. The SMILES string of the molecule is O=C(CCCOc1ccc(Cl)cc1Cl)NN=Cc1ccc(Cl)c(Cl)c1. The Morgan fingerprint density at radius 3 is 2.56 bits per heavy atom. The van der Waals surface area contributed by atoms with Gasteiger partial charge in [-0.05, 0) is 42.3 Å². The molecular formula is C17H14Cl4N2O2. The van der Waals surface area contributed by atoms with Gasteiger partial charge in [0.15, 0.2) is 0 Å². The predicted octanol–water partition coefficient (Wildman–Crippen LogP) is 5.61. The number of hydrogen-bond donors (Lipinski definition) is 1. The molecule has 0 heterocycles. The lowest BCUT2D eigenvalue weighted by atomic mass is 10.2. The van der Waals surface area contributed by atoms with Gasteiger partial charge >= 0.3 is 0 Å². The summed E-state index contributed by atoms with van der Waals surface area (Å²) in [6, 6.07) is 10.0. The van der Waals surface area contributed by atoms with Crippen LogP contribution < -0.4 is 10.2 Å². The highest BCUT2D eigenvalue weighted by atomic mass is 35.5. The van der Waals surface area contributed by atoms with Gasteiger partial charge < -0.3 is 4.74 Å². The van der Waals surface area contributed by atoms with E-state index in [1.165, 1.54) is 6.21 Å². The molecule has 25 heavy (non-hydrogen) atoms. The Kier molecular flexibility index (Phi) is 7.85. The topological polar surface area (TPSA) is 50.7 Å². The maximum absolute atomic E-state index is 11.7. The van der Waals surface area contributed by atoms with Gasteiger partial charge in [-0.25, -0.2) is 5.43 Å². The number of halogens is 4. The molecule has 0 saturated heterocycles. The minimum atomic E-state index is -0.220. The molecule has 0 spiro atoms. The van der Waals surface area contributed by atoms with E-state index < -0.39 is 0 Å². The van der Waals surface area contributed by atoms with Crippen LogP contribution in [0.1, 0.15) is 18.4 Å². The number of hydrogen-bond acceptors (Lipinski definition) is 3. The smallest absolute Gasteiger partial charge is 0.240 e. The minimum Gasteiger partial charge on any atom is -0.492 e. The second kappa shape index (κ2) is 9.88. The van der Waals surface area contributed by atoms with Gasteiger partial charge in [0, 0.05) is 11.4 Å². The molecule has 1 N–H and O–H groups in total. The van der Waals surface area contributed by atoms with Crippen molar-refractivity contribution in [1.29, 1.82) is 0 Å². The lowest BCUT2D eigenvalue weighted by Crippen LogP contribution is -2.18. The van der Waals surface area contributed by atoms with Gasteiger partial charge in [0.2, 0.25) is 5.91 Å². The number of rotatable bonds is 7. The van der Waals surface area contributed by atoms with Gasteiger partial charge in [-0.1, -0.05) is 52.5 Å². The average Bonchev–Trinajstić information content (AvgIpc) is 2.56. The van der Waals surface area contributed by atoms with Crippen molar-refractivity contribution in [3.63, 3.8) is 0 Å². The number of hydrazone groups is 1. The molecule has 0 atom stereocenters. The quantitative estimate of drug-likeness (QED) is 0.360. The van der Waals surface area contributed by atoms with Gasteiger partial charge in [-0.2, -0.15) is 5.10 Å². The van der Waals surface area contributed by atoms with E-state index in [9.17, 15) is 4.79 Å². The Hall–Kier alpha value is -1.46. The molecule has 0 saturated carbocycles. The molecule has 0 aliphatic rings. The van der Waals surface area contributed by atoms with E-state index in [1.54, 1.807) is 36.4 Å². The lowest BCUT2D eigenvalue weighted by Gasteiger charge is -2.07. The fraction of sp³-hybridized carbons (Fsp3) is 0.176. The molecule has 0 bridgehead atoms. The first-order chi connectivity index (χ1) is 12.0. The van der Waals surface area contributed by atoms with Gasteiger partial charge in [0.25, 0.3) is 0 Å². The van der Waals surface area contributed by atoms with Crippen LogP contribution >= 0.6 is 46.4 Å². The fourth-order valence-electron chi connectivity index (χ4n) is 1.83. The van der Waals surface area contributed by atoms with Crippen LogP contribution in [0, 0.1) is 0 Å². The molecule has 2 aromatic carbocycles. The van der Waals surface area contributed by atoms with Gasteiger partial charge in [-0.15, -0.1) is 0 Å². The molecule has 2 rings (SSSR count). The third-order valence-electron chi connectivity index (χ3n) is 3.05. The second-order valence-corrected chi connectivity index (χ2v) is 6.65. The highest BCUT2D eigenvalue weighted by molar-refractivity contribution is 6.42. The highest BCUT2D eigenvalue weighted by Gasteiger charge is 2.04. The second-order valence-electron chi connectivity index (χ2n) is 4.99. The van der Waals surface area contributed by atoms with E-state index in [4.69, 9.17) is 51.1 Å². The van der Waals surface area contributed by atoms with Crippen molar-refractivity contribution < 1.29 is 9.53 Å². The zero-order valence-electron chi connectivity index (χ0n) is 12.9. The third kappa shape index (κ3) is 6.75. The molecular weight excluding hydrogens is 406 g/mol. The summed E-state index contributed by atoms with van der Waals surface area (Å²) in [5.41, 5.74) is 3.17. The van der Waals surface area contributed by atoms with Crippen molar-refractivity contribution >= 4 is 58.5 Å². The van der Waals surface area contributed by atoms with E-state index in [-0.39, 0.29) is 12.3 Å². The number of ether oxygens (including phenoxy) is 1. The number of carbonyl (C=O) groups excluding carboxylic acids is 1. The van der Waals surface area contributed by atoms with E-state index in [0.717, 1.165) is 5.56 Å². The Labute approximate surface area is 165 Å². The number of nitrogens with zero attached hydrogens (tertiary/aromatic N) is 1. The van der Waals surface area contributed by atoms with Gasteiger partial charge in [-0.3, -0.25) is 4.79 Å². The summed E-state index contributed by atoms with van der Waals surface area (Å²) in [5, 5.41) is 5.73. The molecule has 0 radical (unpaired) electrons. The average molecular weight is 420 g/mol. The number of amides is 1. The van der Waals surface area contributed by atoms with Crippen LogP contribution in [-0.4, -0.2) is 18.7 Å². The van der Waals surface area contributed by atoms with Crippen molar-refractivity contribution in [2.45, 2.75) is 12.8 Å². The first-order valence-electron chi connectivity index (χ1n) is 7.30. The first-order valence-corrected chi connectivity index (χ1v) is 8.81. The summed E-state index contributed by atoms with van der Waals surface area (Å²) in [4.78, 5) is 11.7. The zero-order chi connectivity index (χ0) is 18.2. The normalized spacial score (nSPS) is 10.9.